The molecule has 3 unspecified atom stereocenters. The number of nitrogens with two attached hydrogens (primary N) is 1. The molecule has 19 heavy (non-hydrogen) atoms. The van der Waals surface area contributed by atoms with E-state index in [1.807, 2.05) is 4.90 Å². The van der Waals surface area contributed by atoms with Crippen LogP contribution in [-0.2, 0) is 14.3 Å². The molecule has 0 aliphatic carbocycles. The normalized spacial score (nSPS) is 30.8. The Bertz CT molecular complexity index is 348. The zero-order valence-corrected chi connectivity index (χ0v) is 11.1. The fraction of sp³-hybridized carbons (Fsp3) is 0.846. The molecule has 3 N–H and O–H groups in total. The second-order valence-electron chi connectivity index (χ2n) is 5.43. The summed E-state index contributed by atoms with van der Waals surface area (Å²) in [5, 5.41) is 8.67. The first-order chi connectivity index (χ1) is 9.10. The number of ether oxygens (including phenoxy) is 1. The van der Waals surface area contributed by atoms with Crippen LogP contribution in [-0.4, -0.2) is 53.7 Å². The van der Waals surface area contributed by atoms with Crippen molar-refractivity contribution in [3.63, 3.8) is 0 Å². The molecule has 0 bridgehead atoms. The molecule has 0 aromatic carbocycles. The molecular weight excluding hydrogens is 248 g/mol. The van der Waals surface area contributed by atoms with E-state index >= 15 is 0 Å². The van der Waals surface area contributed by atoms with E-state index in [-0.39, 0.29) is 24.5 Å². The third kappa shape index (κ3) is 3.67. The van der Waals surface area contributed by atoms with Gasteiger partial charge in [-0.1, -0.05) is 0 Å². The number of carbonyl (C=O) groups is 2. The molecule has 0 aromatic heterocycles. The molecule has 2 rings (SSSR count). The van der Waals surface area contributed by atoms with Gasteiger partial charge < -0.3 is 20.5 Å². The fourth-order valence-corrected chi connectivity index (χ4v) is 2.86. The minimum absolute atomic E-state index is 0.0133. The number of amides is 1. The summed E-state index contributed by atoms with van der Waals surface area (Å²) in [5.74, 6) is -0.407. The molecule has 6 heteroatoms. The van der Waals surface area contributed by atoms with Gasteiger partial charge in [0, 0.05) is 26.1 Å². The van der Waals surface area contributed by atoms with Crippen molar-refractivity contribution in [2.24, 2.45) is 11.7 Å². The van der Waals surface area contributed by atoms with Crippen molar-refractivity contribution < 1.29 is 19.4 Å². The molecule has 2 aliphatic rings. The number of nitrogens with zero attached hydrogens (tertiary/aromatic N) is 1. The van der Waals surface area contributed by atoms with E-state index in [0.29, 0.717) is 25.4 Å². The molecular formula is C13H22N2O4. The molecule has 2 fully saturated rings. The van der Waals surface area contributed by atoms with E-state index in [0.717, 1.165) is 25.8 Å². The van der Waals surface area contributed by atoms with Crippen LogP contribution in [0.15, 0.2) is 0 Å². The monoisotopic (exact) mass is 270 g/mol. The average molecular weight is 270 g/mol. The van der Waals surface area contributed by atoms with Gasteiger partial charge in [-0.3, -0.25) is 9.59 Å². The van der Waals surface area contributed by atoms with E-state index in [2.05, 4.69) is 0 Å². The highest BCUT2D eigenvalue weighted by atomic mass is 16.5. The summed E-state index contributed by atoms with van der Waals surface area (Å²) in [6.45, 7) is 1.85. The summed E-state index contributed by atoms with van der Waals surface area (Å²) in [4.78, 5) is 24.6. The van der Waals surface area contributed by atoms with Crippen LogP contribution in [0.5, 0.6) is 0 Å². The highest BCUT2D eigenvalue weighted by Crippen LogP contribution is 2.26. The van der Waals surface area contributed by atoms with Gasteiger partial charge in [0.15, 0.2) is 0 Å². The first kappa shape index (κ1) is 14.3. The number of likely N-dealkylation sites (tertiary alicyclic amines) is 1. The molecule has 1 amide bonds. The van der Waals surface area contributed by atoms with Gasteiger partial charge in [-0.25, -0.2) is 0 Å². The second kappa shape index (κ2) is 6.34. The van der Waals surface area contributed by atoms with Crippen LogP contribution < -0.4 is 5.73 Å². The van der Waals surface area contributed by atoms with E-state index < -0.39 is 5.97 Å². The fourth-order valence-electron chi connectivity index (χ4n) is 2.86. The molecule has 0 saturated carbocycles. The third-order valence-corrected chi connectivity index (χ3v) is 4.01. The van der Waals surface area contributed by atoms with Crippen molar-refractivity contribution in [2.75, 3.05) is 19.6 Å². The van der Waals surface area contributed by atoms with Crippen LogP contribution in [0.3, 0.4) is 0 Å². The zero-order valence-electron chi connectivity index (χ0n) is 11.1. The van der Waals surface area contributed by atoms with Crippen molar-refractivity contribution in [2.45, 2.75) is 44.3 Å². The second-order valence-corrected chi connectivity index (χ2v) is 5.43. The lowest BCUT2D eigenvalue weighted by atomic mass is 10.0. The maximum absolute atomic E-state index is 12.2. The van der Waals surface area contributed by atoms with Gasteiger partial charge in [0.2, 0.25) is 0 Å². The van der Waals surface area contributed by atoms with Gasteiger partial charge in [0.1, 0.15) is 6.10 Å². The molecule has 2 aliphatic heterocycles. The molecule has 0 spiro atoms. The number of carboxylic acid groups (broad SMARTS) is 1. The largest absolute Gasteiger partial charge is 0.481 e. The van der Waals surface area contributed by atoms with Gasteiger partial charge in [-0.15, -0.1) is 0 Å². The summed E-state index contributed by atoms with van der Waals surface area (Å²) in [6, 6.07) is 0. The number of hydrogen-bond acceptors (Lipinski definition) is 4. The highest BCUT2D eigenvalue weighted by Gasteiger charge is 2.35. The number of carboxylic acids is 1. The molecule has 0 radical (unpaired) electrons. The Morgan fingerprint density at radius 3 is 2.74 bits per heavy atom. The minimum atomic E-state index is -0.769. The van der Waals surface area contributed by atoms with Gasteiger partial charge >= 0.3 is 5.97 Å². The van der Waals surface area contributed by atoms with Crippen LogP contribution in [0, 0.1) is 5.92 Å². The zero-order chi connectivity index (χ0) is 13.8. The minimum Gasteiger partial charge on any atom is -0.481 e. The highest BCUT2D eigenvalue weighted by molar-refractivity contribution is 5.81. The van der Waals surface area contributed by atoms with Crippen molar-refractivity contribution in [3.05, 3.63) is 0 Å². The first-order valence-electron chi connectivity index (χ1n) is 6.96. The van der Waals surface area contributed by atoms with Crippen molar-refractivity contribution in [1.82, 2.24) is 4.90 Å². The maximum atomic E-state index is 12.2. The van der Waals surface area contributed by atoms with Crippen LogP contribution in [0.2, 0.25) is 0 Å². The predicted octanol–water partition coefficient (Wildman–Crippen LogP) is 0.206. The van der Waals surface area contributed by atoms with Gasteiger partial charge in [-0.2, -0.15) is 0 Å². The number of hydrogen-bond donors (Lipinski definition) is 2. The first-order valence-corrected chi connectivity index (χ1v) is 6.96. The lowest BCUT2D eigenvalue weighted by Crippen LogP contribution is -2.38. The number of aliphatic carboxylic acids is 1. The Hall–Kier alpha value is -1.14. The topological polar surface area (TPSA) is 92.9 Å². The van der Waals surface area contributed by atoms with E-state index in [1.165, 1.54) is 0 Å². The Labute approximate surface area is 112 Å². The summed E-state index contributed by atoms with van der Waals surface area (Å²) in [7, 11) is 0. The molecule has 6 nitrogen and oxygen atoms in total. The number of rotatable bonds is 5. The van der Waals surface area contributed by atoms with E-state index in [1.54, 1.807) is 0 Å². The van der Waals surface area contributed by atoms with Gasteiger partial charge in [0.05, 0.1) is 6.10 Å². The predicted molar refractivity (Wildman–Crippen MR) is 68.5 cm³/mol. The molecule has 0 aromatic rings. The van der Waals surface area contributed by atoms with Gasteiger partial charge in [0.25, 0.3) is 5.91 Å². The Morgan fingerprint density at radius 2 is 2.11 bits per heavy atom. The lowest BCUT2D eigenvalue weighted by Gasteiger charge is -2.20. The Kier molecular flexibility index (Phi) is 4.76. The van der Waals surface area contributed by atoms with Gasteiger partial charge in [-0.05, 0) is 31.6 Å². The SMILES string of the molecule is NCC1CCC(C(=O)N2CCC(CCC(=O)O)C2)O1. The Balaban J connectivity index is 1.77. The maximum Gasteiger partial charge on any atom is 0.303 e. The van der Waals surface area contributed by atoms with Crippen LogP contribution in [0.25, 0.3) is 0 Å². The summed E-state index contributed by atoms with van der Waals surface area (Å²) in [5.41, 5.74) is 5.53. The molecule has 2 saturated heterocycles. The van der Waals surface area contributed by atoms with Crippen molar-refractivity contribution in [1.29, 1.82) is 0 Å². The lowest BCUT2D eigenvalue weighted by molar-refractivity contribution is -0.141. The van der Waals surface area contributed by atoms with Crippen LogP contribution >= 0.6 is 0 Å². The molecule has 2 heterocycles. The Morgan fingerprint density at radius 1 is 1.32 bits per heavy atom. The summed E-state index contributed by atoms with van der Waals surface area (Å²) in [6.07, 6.45) is 3.00. The molecule has 108 valence electrons. The summed E-state index contributed by atoms with van der Waals surface area (Å²) >= 11 is 0. The standard InChI is InChI=1S/C13H22N2O4/c14-7-10-2-3-11(19-10)13(18)15-6-5-9(8-15)1-4-12(16)17/h9-11H,1-8,14H2,(H,16,17). The third-order valence-electron chi connectivity index (χ3n) is 4.01. The van der Waals surface area contributed by atoms with Crippen molar-refractivity contribution in [3.8, 4) is 0 Å². The smallest absolute Gasteiger partial charge is 0.303 e. The number of carbonyl (C=O) groups excluding carboxylic acids is 1. The van der Waals surface area contributed by atoms with Crippen LogP contribution in [0.4, 0.5) is 0 Å². The molecule has 3 atom stereocenters. The quantitative estimate of drug-likeness (QED) is 0.744. The van der Waals surface area contributed by atoms with Crippen LogP contribution in [0.1, 0.15) is 32.1 Å². The summed E-state index contributed by atoms with van der Waals surface area (Å²) < 4.78 is 5.61. The average Bonchev–Trinajstić information content (AvgIpc) is 3.04. The van der Waals surface area contributed by atoms with E-state index in [4.69, 9.17) is 15.6 Å². The van der Waals surface area contributed by atoms with E-state index in [9.17, 15) is 9.59 Å². The van der Waals surface area contributed by atoms with Crippen molar-refractivity contribution >= 4 is 11.9 Å².